The summed E-state index contributed by atoms with van der Waals surface area (Å²) in [5.74, 6) is 4.78. The fourth-order valence-corrected chi connectivity index (χ4v) is 1.25. The fourth-order valence-electron chi connectivity index (χ4n) is 1.25. The van der Waals surface area contributed by atoms with Crippen molar-refractivity contribution in [3.05, 3.63) is 29.3 Å². The molecule has 0 atom stereocenters. The van der Waals surface area contributed by atoms with Crippen LogP contribution < -0.4 is 10.1 Å². The van der Waals surface area contributed by atoms with E-state index < -0.39 is 5.97 Å². The Labute approximate surface area is 105 Å². The molecule has 0 aliphatic rings. The Bertz CT molecular complexity index is 526. The summed E-state index contributed by atoms with van der Waals surface area (Å²) in [5, 5.41) is 11.4. The average Bonchev–Trinajstić information content (AvgIpc) is 2.34. The van der Waals surface area contributed by atoms with Crippen molar-refractivity contribution in [2.45, 2.75) is 6.92 Å². The van der Waals surface area contributed by atoms with Gasteiger partial charge in [0.05, 0.1) is 24.8 Å². The average molecular weight is 247 g/mol. The van der Waals surface area contributed by atoms with Crippen molar-refractivity contribution in [3.8, 4) is 17.6 Å². The summed E-state index contributed by atoms with van der Waals surface area (Å²) in [6.07, 6.45) is 0. The Morgan fingerprint density at radius 3 is 2.72 bits per heavy atom. The number of rotatable bonds is 3. The van der Waals surface area contributed by atoms with Crippen molar-refractivity contribution in [2.24, 2.45) is 0 Å². The zero-order valence-electron chi connectivity index (χ0n) is 10.1. The van der Waals surface area contributed by atoms with E-state index in [0.717, 1.165) is 0 Å². The first-order valence-corrected chi connectivity index (χ1v) is 5.19. The van der Waals surface area contributed by atoms with Crippen LogP contribution in [-0.4, -0.2) is 30.6 Å². The lowest BCUT2D eigenvalue weighted by Crippen LogP contribution is -2.19. The van der Waals surface area contributed by atoms with Gasteiger partial charge in [0.25, 0.3) is 0 Å². The van der Waals surface area contributed by atoms with Gasteiger partial charge in [-0.25, -0.2) is 4.79 Å². The number of hydrogen-bond acceptors (Lipinski definition) is 3. The quantitative estimate of drug-likeness (QED) is 0.777. The van der Waals surface area contributed by atoms with Crippen LogP contribution in [0.5, 0.6) is 5.75 Å². The minimum atomic E-state index is -1.03. The Balaban J connectivity index is 2.94. The highest BCUT2D eigenvalue weighted by molar-refractivity contribution is 5.88. The Morgan fingerprint density at radius 1 is 1.44 bits per heavy atom. The number of benzene rings is 1. The first kappa shape index (κ1) is 13.6. The molecule has 0 aromatic heterocycles. The van der Waals surface area contributed by atoms with E-state index in [1.165, 1.54) is 26.2 Å². The molecule has 0 spiro atoms. The van der Waals surface area contributed by atoms with Crippen LogP contribution >= 0.6 is 0 Å². The van der Waals surface area contributed by atoms with Crippen molar-refractivity contribution in [1.82, 2.24) is 5.32 Å². The van der Waals surface area contributed by atoms with Gasteiger partial charge in [-0.3, -0.25) is 4.79 Å². The van der Waals surface area contributed by atoms with Crippen molar-refractivity contribution < 1.29 is 19.4 Å². The second-order valence-electron chi connectivity index (χ2n) is 3.43. The highest BCUT2D eigenvalue weighted by atomic mass is 16.5. The number of hydrogen-bond donors (Lipinski definition) is 2. The number of methoxy groups -OCH3 is 1. The number of aromatic carboxylic acids is 1. The van der Waals surface area contributed by atoms with Crippen molar-refractivity contribution >= 4 is 11.9 Å². The molecule has 0 radical (unpaired) electrons. The molecular formula is C13H13NO4. The zero-order valence-corrected chi connectivity index (χ0v) is 10.1. The minimum Gasteiger partial charge on any atom is -0.495 e. The van der Waals surface area contributed by atoms with Crippen LogP contribution in [0.25, 0.3) is 0 Å². The summed E-state index contributed by atoms with van der Waals surface area (Å²) in [6, 6.07) is 4.42. The first-order chi connectivity index (χ1) is 8.54. The van der Waals surface area contributed by atoms with Crippen LogP contribution in [-0.2, 0) is 4.79 Å². The number of carboxylic acids is 1. The minimum absolute atomic E-state index is 0.139. The smallest absolute Gasteiger partial charge is 0.335 e. The Kier molecular flexibility index (Phi) is 4.76. The number of amides is 1. The molecule has 1 rings (SSSR count). The van der Waals surface area contributed by atoms with Crippen LogP contribution in [0.1, 0.15) is 22.8 Å². The molecule has 1 aromatic rings. The van der Waals surface area contributed by atoms with Gasteiger partial charge in [-0.2, -0.15) is 0 Å². The van der Waals surface area contributed by atoms with Crippen LogP contribution in [0.3, 0.4) is 0 Å². The van der Waals surface area contributed by atoms with Gasteiger partial charge in [0, 0.05) is 6.92 Å². The van der Waals surface area contributed by atoms with Gasteiger partial charge < -0.3 is 15.2 Å². The normalized spacial score (nSPS) is 9.00. The standard InChI is InChI=1S/C13H13NO4/c1-9(15)14-7-3-4-10-8-11(13(16)17)5-6-12(10)18-2/h5-6,8H,7H2,1-2H3,(H,14,15)(H,16,17). The largest absolute Gasteiger partial charge is 0.495 e. The zero-order chi connectivity index (χ0) is 13.5. The topological polar surface area (TPSA) is 75.6 Å². The van der Waals surface area contributed by atoms with E-state index >= 15 is 0 Å². The third-order valence-electron chi connectivity index (χ3n) is 2.10. The molecule has 18 heavy (non-hydrogen) atoms. The molecule has 0 aliphatic heterocycles. The van der Waals surface area contributed by atoms with Gasteiger partial charge in [0.2, 0.25) is 5.91 Å². The number of ether oxygens (including phenoxy) is 1. The van der Waals surface area contributed by atoms with Gasteiger partial charge >= 0.3 is 5.97 Å². The maximum absolute atomic E-state index is 10.8. The second kappa shape index (κ2) is 6.30. The lowest BCUT2D eigenvalue weighted by Gasteiger charge is -2.03. The van der Waals surface area contributed by atoms with E-state index in [1.54, 1.807) is 6.07 Å². The summed E-state index contributed by atoms with van der Waals surface area (Å²) < 4.78 is 5.08. The maximum atomic E-state index is 10.8. The van der Waals surface area contributed by atoms with E-state index in [9.17, 15) is 9.59 Å². The first-order valence-electron chi connectivity index (χ1n) is 5.19. The van der Waals surface area contributed by atoms with Crippen LogP contribution in [0.2, 0.25) is 0 Å². The number of carbonyl (C=O) groups is 2. The summed E-state index contributed by atoms with van der Waals surface area (Å²) >= 11 is 0. The molecule has 1 aromatic carbocycles. The molecule has 0 saturated heterocycles. The molecule has 0 unspecified atom stereocenters. The SMILES string of the molecule is COc1ccc(C(=O)O)cc1C#CCNC(C)=O. The van der Waals surface area contributed by atoms with Gasteiger partial charge in [0.1, 0.15) is 5.75 Å². The van der Waals surface area contributed by atoms with E-state index in [2.05, 4.69) is 17.2 Å². The van der Waals surface area contributed by atoms with E-state index in [4.69, 9.17) is 9.84 Å². The lowest BCUT2D eigenvalue weighted by molar-refractivity contribution is -0.118. The molecule has 5 nitrogen and oxygen atoms in total. The highest BCUT2D eigenvalue weighted by Gasteiger charge is 2.06. The van der Waals surface area contributed by atoms with Gasteiger partial charge in [0.15, 0.2) is 0 Å². The van der Waals surface area contributed by atoms with Gasteiger partial charge in [-0.05, 0) is 18.2 Å². The molecule has 94 valence electrons. The molecule has 1 amide bonds. The van der Waals surface area contributed by atoms with Crippen molar-refractivity contribution in [1.29, 1.82) is 0 Å². The van der Waals surface area contributed by atoms with Gasteiger partial charge in [-0.15, -0.1) is 0 Å². The summed E-state index contributed by atoms with van der Waals surface area (Å²) in [4.78, 5) is 21.5. The van der Waals surface area contributed by atoms with Crippen LogP contribution in [0.4, 0.5) is 0 Å². The number of carbonyl (C=O) groups excluding carboxylic acids is 1. The predicted molar refractivity (Wildman–Crippen MR) is 65.5 cm³/mol. The predicted octanol–water partition coefficient (Wildman–Crippen LogP) is 0.881. The number of carboxylic acid groups (broad SMARTS) is 1. The third-order valence-corrected chi connectivity index (χ3v) is 2.10. The van der Waals surface area contributed by atoms with E-state index in [-0.39, 0.29) is 18.0 Å². The van der Waals surface area contributed by atoms with Crippen molar-refractivity contribution in [2.75, 3.05) is 13.7 Å². The number of nitrogens with one attached hydrogen (secondary N) is 1. The van der Waals surface area contributed by atoms with Gasteiger partial charge in [-0.1, -0.05) is 11.8 Å². The third kappa shape index (κ3) is 3.83. The summed E-state index contributed by atoms with van der Waals surface area (Å²) in [6.45, 7) is 1.60. The molecule has 0 saturated carbocycles. The molecular weight excluding hydrogens is 234 g/mol. The molecule has 0 heterocycles. The maximum Gasteiger partial charge on any atom is 0.335 e. The Hall–Kier alpha value is -2.48. The fraction of sp³-hybridized carbons (Fsp3) is 0.231. The molecule has 0 fully saturated rings. The molecule has 2 N–H and O–H groups in total. The Morgan fingerprint density at radius 2 is 2.17 bits per heavy atom. The summed E-state index contributed by atoms with van der Waals surface area (Å²) in [7, 11) is 1.48. The summed E-state index contributed by atoms with van der Waals surface area (Å²) in [5.41, 5.74) is 0.613. The molecule has 0 aliphatic carbocycles. The lowest BCUT2D eigenvalue weighted by atomic mass is 10.1. The van der Waals surface area contributed by atoms with Crippen molar-refractivity contribution in [3.63, 3.8) is 0 Å². The molecule has 0 bridgehead atoms. The monoisotopic (exact) mass is 247 g/mol. The van der Waals surface area contributed by atoms with Crippen LogP contribution in [0.15, 0.2) is 18.2 Å². The van der Waals surface area contributed by atoms with Crippen LogP contribution in [0, 0.1) is 11.8 Å². The van der Waals surface area contributed by atoms with E-state index in [0.29, 0.717) is 11.3 Å². The highest BCUT2D eigenvalue weighted by Crippen LogP contribution is 2.18. The second-order valence-corrected chi connectivity index (χ2v) is 3.43. The molecule has 5 heteroatoms. The van der Waals surface area contributed by atoms with E-state index in [1.807, 2.05) is 0 Å².